The Bertz CT molecular complexity index is 763. The molecular weight excluding hydrogens is 348 g/mol. The van der Waals surface area contributed by atoms with Gasteiger partial charge in [-0.05, 0) is 51.0 Å². The van der Waals surface area contributed by atoms with Crippen LogP contribution in [0.2, 0.25) is 0 Å². The zero-order valence-corrected chi connectivity index (χ0v) is 16.0. The smallest absolute Gasteiger partial charge is 0.275 e. The molecule has 7 nitrogen and oxygen atoms in total. The van der Waals surface area contributed by atoms with Crippen LogP contribution in [0.3, 0.4) is 0 Å². The second-order valence-corrected chi connectivity index (χ2v) is 7.33. The van der Waals surface area contributed by atoms with Crippen LogP contribution in [0.5, 0.6) is 11.5 Å². The molecule has 1 atom stereocenters. The number of nitrogens with zero attached hydrogens (tertiary/aromatic N) is 2. The first-order chi connectivity index (χ1) is 12.9. The SMILES string of the molecule is COc1ccc(OCc2nc(C(=O)N3CCC[C@H](C(C)(C)O)C3)co2)cc1. The summed E-state index contributed by atoms with van der Waals surface area (Å²) in [6, 6.07) is 7.18. The highest BCUT2D eigenvalue weighted by Gasteiger charge is 2.34. The first-order valence-electron chi connectivity index (χ1n) is 9.09. The van der Waals surface area contributed by atoms with Gasteiger partial charge in [-0.1, -0.05) is 0 Å². The third-order valence-corrected chi connectivity index (χ3v) is 4.90. The molecule has 0 spiro atoms. The zero-order chi connectivity index (χ0) is 19.4. The van der Waals surface area contributed by atoms with Crippen molar-refractivity contribution in [3.63, 3.8) is 0 Å². The summed E-state index contributed by atoms with van der Waals surface area (Å²) in [7, 11) is 1.60. The fourth-order valence-electron chi connectivity index (χ4n) is 3.19. The number of aliphatic hydroxyl groups is 1. The predicted molar refractivity (Wildman–Crippen MR) is 98.8 cm³/mol. The number of methoxy groups -OCH3 is 1. The van der Waals surface area contributed by atoms with E-state index in [0.717, 1.165) is 18.6 Å². The number of carbonyl (C=O) groups is 1. The fraction of sp³-hybridized carbons (Fsp3) is 0.500. The van der Waals surface area contributed by atoms with Crippen LogP contribution < -0.4 is 9.47 Å². The Labute approximate surface area is 158 Å². The third kappa shape index (κ3) is 4.80. The van der Waals surface area contributed by atoms with E-state index >= 15 is 0 Å². The Kier molecular flexibility index (Phi) is 5.70. The lowest BCUT2D eigenvalue weighted by Crippen LogP contribution is -2.47. The van der Waals surface area contributed by atoms with Crippen LogP contribution in [0.1, 0.15) is 43.1 Å². The van der Waals surface area contributed by atoms with Crippen LogP contribution in [0.15, 0.2) is 34.9 Å². The molecule has 2 heterocycles. The molecule has 0 aliphatic carbocycles. The molecule has 1 aromatic carbocycles. The zero-order valence-electron chi connectivity index (χ0n) is 16.0. The number of aromatic nitrogens is 1. The Balaban J connectivity index is 1.58. The summed E-state index contributed by atoms with van der Waals surface area (Å²) in [5.74, 6) is 1.62. The maximum atomic E-state index is 12.7. The number of benzene rings is 1. The van der Waals surface area contributed by atoms with Gasteiger partial charge < -0.3 is 23.9 Å². The molecule has 7 heteroatoms. The summed E-state index contributed by atoms with van der Waals surface area (Å²) in [4.78, 5) is 18.7. The second kappa shape index (κ2) is 8.00. The van der Waals surface area contributed by atoms with E-state index < -0.39 is 5.60 Å². The summed E-state index contributed by atoms with van der Waals surface area (Å²) in [6.07, 6.45) is 3.14. The number of piperidine rings is 1. The van der Waals surface area contributed by atoms with Crippen LogP contribution in [-0.4, -0.2) is 46.7 Å². The Morgan fingerprint density at radius 3 is 2.70 bits per heavy atom. The predicted octanol–water partition coefficient (Wildman–Crippen LogP) is 2.89. The maximum absolute atomic E-state index is 12.7. The summed E-state index contributed by atoms with van der Waals surface area (Å²) >= 11 is 0. The van der Waals surface area contributed by atoms with Gasteiger partial charge in [-0.15, -0.1) is 0 Å². The molecule has 0 bridgehead atoms. The van der Waals surface area contributed by atoms with Gasteiger partial charge in [-0.25, -0.2) is 4.98 Å². The van der Waals surface area contributed by atoms with E-state index in [-0.39, 0.29) is 24.1 Å². The number of likely N-dealkylation sites (tertiary alicyclic amines) is 1. The molecular formula is C20H26N2O5. The highest BCUT2D eigenvalue weighted by molar-refractivity contribution is 5.92. The van der Waals surface area contributed by atoms with Gasteiger partial charge in [-0.2, -0.15) is 0 Å². The molecule has 1 amide bonds. The van der Waals surface area contributed by atoms with Crippen molar-refractivity contribution in [2.24, 2.45) is 5.92 Å². The molecule has 146 valence electrons. The molecule has 0 unspecified atom stereocenters. The van der Waals surface area contributed by atoms with E-state index in [9.17, 15) is 9.90 Å². The quantitative estimate of drug-likeness (QED) is 0.837. The van der Waals surface area contributed by atoms with Gasteiger partial charge >= 0.3 is 0 Å². The lowest BCUT2D eigenvalue weighted by Gasteiger charge is -2.38. The first kappa shape index (κ1) is 19.2. The Hall–Kier alpha value is -2.54. The van der Waals surface area contributed by atoms with E-state index in [0.29, 0.717) is 24.7 Å². The molecule has 27 heavy (non-hydrogen) atoms. The number of ether oxygens (including phenoxy) is 2. The monoisotopic (exact) mass is 374 g/mol. The van der Waals surface area contributed by atoms with E-state index in [2.05, 4.69) is 4.98 Å². The van der Waals surface area contributed by atoms with E-state index in [1.807, 2.05) is 0 Å². The summed E-state index contributed by atoms with van der Waals surface area (Å²) < 4.78 is 16.1. The number of hydrogen-bond acceptors (Lipinski definition) is 6. The van der Waals surface area contributed by atoms with Gasteiger partial charge in [0.05, 0.1) is 12.7 Å². The van der Waals surface area contributed by atoms with Gasteiger partial charge in [0.1, 0.15) is 17.8 Å². The van der Waals surface area contributed by atoms with Crippen LogP contribution in [-0.2, 0) is 6.61 Å². The minimum Gasteiger partial charge on any atom is -0.497 e. The molecule has 1 fully saturated rings. The van der Waals surface area contributed by atoms with Crippen molar-refractivity contribution in [3.05, 3.63) is 42.1 Å². The van der Waals surface area contributed by atoms with Crippen LogP contribution in [0.25, 0.3) is 0 Å². The standard InChI is InChI=1S/C20H26N2O5/c1-20(2,24)14-5-4-10-22(11-14)19(23)17-12-27-18(21-17)13-26-16-8-6-15(25-3)7-9-16/h6-9,12,14,24H,4-5,10-11,13H2,1-3H3/t14-/m0/s1. The number of oxazole rings is 1. The highest BCUT2D eigenvalue weighted by atomic mass is 16.5. The topological polar surface area (TPSA) is 85.0 Å². The molecule has 1 N–H and O–H groups in total. The lowest BCUT2D eigenvalue weighted by atomic mass is 9.84. The summed E-state index contributed by atoms with van der Waals surface area (Å²) in [5, 5.41) is 10.2. The van der Waals surface area contributed by atoms with E-state index in [1.165, 1.54) is 6.26 Å². The van der Waals surface area contributed by atoms with E-state index in [1.54, 1.807) is 50.1 Å². The van der Waals surface area contributed by atoms with Gasteiger partial charge in [0, 0.05) is 19.0 Å². The molecule has 1 aliphatic rings. The van der Waals surface area contributed by atoms with Crippen molar-refractivity contribution in [2.75, 3.05) is 20.2 Å². The van der Waals surface area contributed by atoms with Gasteiger partial charge in [0.2, 0.25) is 5.89 Å². The third-order valence-electron chi connectivity index (χ3n) is 4.90. The van der Waals surface area contributed by atoms with Gasteiger partial charge in [0.15, 0.2) is 12.3 Å². The van der Waals surface area contributed by atoms with Gasteiger partial charge in [0.25, 0.3) is 5.91 Å². The second-order valence-electron chi connectivity index (χ2n) is 7.33. The molecule has 1 saturated heterocycles. The van der Waals surface area contributed by atoms with Crippen LogP contribution >= 0.6 is 0 Å². The average molecular weight is 374 g/mol. The highest BCUT2D eigenvalue weighted by Crippen LogP contribution is 2.27. The molecule has 0 saturated carbocycles. The minimum absolute atomic E-state index is 0.0555. The molecule has 0 radical (unpaired) electrons. The normalized spacial score (nSPS) is 17.6. The average Bonchev–Trinajstić information content (AvgIpc) is 3.14. The van der Waals surface area contributed by atoms with Crippen LogP contribution in [0, 0.1) is 5.92 Å². The fourth-order valence-corrected chi connectivity index (χ4v) is 3.19. The molecule has 3 rings (SSSR count). The molecule has 1 aliphatic heterocycles. The van der Waals surface area contributed by atoms with Crippen molar-refractivity contribution >= 4 is 5.91 Å². The van der Waals surface area contributed by atoms with Crippen LogP contribution in [0.4, 0.5) is 0 Å². The maximum Gasteiger partial charge on any atom is 0.275 e. The van der Waals surface area contributed by atoms with Crippen molar-refractivity contribution in [2.45, 2.75) is 38.9 Å². The summed E-state index contributed by atoms with van der Waals surface area (Å²) in [6.45, 7) is 4.89. The summed E-state index contributed by atoms with van der Waals surface area (Å²) in [5.41, 5.74) is -0.542. The first-order valence-corrected chi connectivity index (χ1v) is 9.09. The molecule has 2 aromatic rings. The Morgan fingerprint density at radius 1 is 1.33 bits per heavy atom. The van der Waals surface area contributed by atoms with Crippen molar-refractivity contribution < 1.29 is 23.8 Å². The minimum atomic E-state index is -0.805. The van der Waals surface area contributed by atoms with Gasteiger partial charge in [-0.3, -0.25) is 4.79 Å². The largest absolute Gasteiger partial charge is 0.497 e. The number of rotatable bonds is 6. The Morgan fingerprint density at radius 2 is 2.04 bits per heavy atom. The lowest BCUT2D eigenvalue weighted by molar-refractivity contribution is -0.0147. The number of amides is 1. The van der Waals surface area contributed by atoms with Crippen molar-refractivity contribution in [1.29, 1.82) is 0 Å². The number of carbonyl (C=O) groups excluding carboxylic acids is 1. The number of hydrogen-bond donors (Lipinski definition) is 1. The molecule has 1 aromatic heterocycles. The van der Waals surface area contributed by atoms with E-state index in [4.69, 9.17) is 13.9 Å². The van der Waals surface area contributed by atoms with Crippen molar-refractivity contribution in [1.82, 2.24) is 9.88 Å². The van der Waals surface area contributed by atoms with Crippen molar-refractivity contribution in [3.8, 4) is 11.5 Å².